The van der Waals surface area contributed by atoms with E-state index in [1.54, 1.807) is 18.2 Å². The number of hydrogen-bond acceptors (Lipinski definition) is 3. The second-order valence-corrected chi connectivity index (χ2v) is 8.83. The highest BCUT2D eigenvalue weighted by Crippen LogP contribution is 2.32. The molecule has 1 N–H and O–H groups in total. The summed E-state index contributed by atoms with van der Waals surface area (Å²) in [4.78, 5) is 26.8. The monoisotopic (exact) mass is 470 g/mol. The van der Waals surface area contributed by atoms with Gasteiger partial charge in [0.2, 0.25) is 5.91 Å². The van der Waals surface area contributed by atoms with E-state index in [4.69, 9.17) is 4.42 Å². The lowest BCUT2D eigenvalue weighted by Gasteiger charge is -2.26. The van der Waals surface area contributed by atoms with E-state index in [0.717, 1.165) is 41.2 Å². The molecule has 2 amide bonds. The minimum absolute atomic E-state index is 0.123. The minimum Gasteiger partial charge on any atom is -0.461 e. The van der Waals surface area contributed by atoms with Crippen LogP contribution in [0.15, 0.2) is 59.0 Å². The van der Waals surface area contributed by atoms with Crippen molar-refractivity contribution in [2.75, 3.05) is 11.9 Å². The first kappa shape index (κ1) is 23.6. The molecule has 1 aliphatic rings. The van der Waals surface area contributed by atoms with Gasteiger partial charge in [-0.25, -0.2) is 0 Å². The molecular formula is C26H25F3N2O3. The van der Waals surface area contributed by atoms with Gasteiger partial charge in [0.1, 0.15) is 11.5 Å². The van der Waals surface area contributed by atoms with Gasteiger partial charge in [-0.2, -0.15) is 13.2 Å². The molecular weight excluding hydrogens is 445 g/mol. The summed E-state index contributed by atoms with van der Waals surface area (Å²) in [5.74, 6) is 1.41. The number of anilines is 1. The average Bonchev–Trinajstić information content (AvgIpc) is 3.22. The maximum atomic E-state index is 12.7. The Hall–Kier alpha value is -3.55. The Kier molecular flexibility index (Phi) is 6.50. The molecule has 0 bridgehead atoms. The molecule has 1 aliphatic heterocycles. The number of rotatable bonds is 5. The Labute approximate surface area is 195 Å². The molecule has 3 aromatic rings. The van der Waals surface area contributed by atoms with Crippen LogP contribution in [0.4, 0.5) is 18.9 Å². The molecule has 0 saturated heterocycles. The Morgan fingerprint density at radius 2 is 1.82 bits per heavy atom. The van der Waals surface area contributed by atoms with Crippen LogP contribution >= 0.6 is 0 Å². The van der Waals surface area contributed by atoms with Gasteiger partial charge in [0, 0.05) is 48.3 Å². The van der Waals surface area contributed by atoms with Crippen molar-refractivity contribution in [3.8, 4) is 11.3 Å². The normalized spacial score (nSPS) is 13.6. The quantitative estimate of drug-likeness (QED) is 0.487. The van der Waals surface area contributed by atoms with Crippen molar-refractivity contribution in [1.29, 1.82) is 0 Å². The zero-order chi connectivity index (χ0) is 24.5. The number of fused-ring (bicyclic) bond motifs is 1. The van der Waals surface area contributed by atoms with Crippen LogP contribution in [-0.2, 0) is 23.9 Å². The predicted octanol–water partition coefficient (Wildman–Crippen LogP) is 6.15. The molecule has 1 aromatic heterocycles. The van der Waals surface area contributed by atoms with Crippen LogP contribution in [0.5, 0.6) is 0 Å². The fourth-order valence-corrected chi connectivity index (χ4v) is 3.93. The van der Waals surface area contributed by atoms with E-state index in [9.17, 15) is 22.8 Å². The predicted molar refractivity (Wildman–Crippen MR) is 122 cm³/mol. The Morgan fingerprint density at radius 1 is 1.09 bits per heavy atom. The Balaban J connectivity index is 1.47. The molecule has 0 atom stereocenters. The number of hydrogen-bond donors (Lipinski definition) is 1. The molecule has 2 heterocycles. The number of carbonyl (C=O) groups excluding carboxylic acids is 2. The number of halogens is 3. The second-order valence-electron chi connectivity index (χ2n) is 8.83. The zero-order valence-corrected chi connectivity index (χ0v) is 18.9. The first-order valence-corrected chi connectivity index (χ1v) is 11.1. The van der Waals surface area contributed by atoms with E-state index in [1.807, 2.05) is 30.9 Å². The highest BCUT2D eigenvalue weighted by Gasteiger charge is 2.30. The van der Waals surface area contributed by atoms with Crippen molar-refractivity contribution in [2.24, 2.45) is 5.92 Å². The standard InChI is InChI=1S/C26H25F3N2O3/c1-16(2)12-24(32)31-11-10-22-19(15-31)14-23(34-22)18-4-3-5-21(13-18)30-25(33)17-6-8-20(9-7-17)26(27,28)29/h3-9,13-14,16H,10-12,15H2,1-2H3,(H,30,33). The van der Waals surface area contributed by atoms with E-state index in [2.05, 4.69) is 5.32 Å². The summed E-state index contributed by atoms with van der Waals surface area (Å²) in [6.07, 6.45) is -3.30. The fourth-order valence-electron chi connectivity index (χ4n) is 3.93. The molecule has 8 heteroatoms. The lowest BCUT2D eigenvalue weighted by Crippen LogP contribution is -2.35. The van der Waals surface area contributed by atoms with Crippen molar-refractivity contribution in [1.82, 2.24) is 4.90 Å². The summed E-state index contributed by atoms with van der Waals surface area (Å²) < 4.78 is 44.3. The zero-order valence-electron chi connectivity index (χ0n) is 18.9. The summed E-state index contributed by atoms with van der Waals surface area (Å²) in [5.41, 5.74) is 1.53. The fraction of sp³-hybridized carbons (Fsp3) is 0.308. The van der Waals surface area contributed by atoms with Crippen LogP contribution in [0.3, 0.4) is 0 Å². The van der Waals surface area contributed by atoms with Crippen LogP contribution in [0.2, 0.25) is 0 Å². The average molecular weight is 470 g/mol. The molecule has 34 heavy (non-hydrogen) atoms. The van der Waals surface area contributed by atoms with Gasteiger partial charge in [-0.15, -0.1) is 0 Å². The molecule has 0 radical (unpaired) electrons. The van der Waals surface area contributed by atoms with Gasteiger partial charge < -0.3 is 14.6 Å². The second kappa shape index (κ2) is 9.37. The molecule has 0 spiro atoms. The molecule has 0 saturated carbocycles. The first-order valence-electron chi connectivity index (χ1n) is 11.1. The van der Waals surface area contributed by atoms with E-state index in [-0.39, 0.29) is 11.5 Å². The van der Waals surface area contributed by atoms with Gasteiger partial charge >= 0.3 is 6.18 Å². The van der Waals surface area contributed by atoms with Crippen LogP contribution in [0.25, 0.3) is 11.3 Å². The summed E-state index contributed by atoms with van der Waals surface area (Å²) in [7, 11) is 0. The van der Waals surface area contributed by atoms with Gasteiger partial charge in [0.05, 0.1) is 5.56 Å². The lowest BCUT2D eigenvalue weighted by atomic mass is 10.0. The van der Waals surface area contributed by atoms with Crippen molar-refractivity contribution in [2.45, 2.75) is 39.4 Å². The Morgan fingerprint density at radius 3 is 2.50 bits per heavy atom. The minimum atomic E-state index is -4.45. The highest BCUT2D eigenvalue weighted by atomic mass is 19.4. The van der Waals surface area contributed by atoms with Gasteiger partial charge in [0.25, 0.3) is 5.91 Å². The third-order valence-corrected chi connectivity index (χ3v) is 5.68. The third-order valence-electron chi connectivity index (χ3n) is 5.68. The van der Waals surface area contributed by atoms with Gasteiger partial charge in [-0.05, 0) is 48.4 Å². The maximum absolute atomic E-state index is 12.7. The van der Waals surface area contributed by atoms with Crippen LogP contribution in [-0.4, -0.2) is 23.3 Å². The van der Waals surface area contributed by atoms with E-state index in [1.165, 1.54) is 0 Å². The van der Waals surface area contributed by atoms with E-state index < -0.39 is 17.6 Å². The number of alkyl halides is 3. The third kappa shape index (κ3) is 5.32. The van der Waals surface area contributed by atoms with Gasteiger partial charge in [-0.1, -0.05) is 26.0 Å². The molecule has 0 aliphatic carbocycles. The SMILES string of the molecule is CC(C)CC(=O)N1CCc2oc(-c3cccc(NC(=O)c4ccc(C(F)(F)F)cc4)c3)cc2C1. The topological polar surface area (TPSA) is 62.6 Å². The van der Waals surface area contributed by atoms with Crippen molar-refractivity contribution in [3.05, 3.63) is 77.0 Å². The van der Waals surface area contributed by atoms with E-state index >= 15 is 0 Å². The van der Waals surface area contributed by atoms with Crippen LogP contribution < -0.4 is 5.32 Å². The van der Waals surface area contributed by atoms with E-state index in [0.29, 0.717) is 43.3 Å². The van der Waals surface area contributed by atoms with Gasteiger partial charge in [-0.3, -0.25) is 9.59 Å². The number of amides is 2. The van der Waals surface area contributed by atoms with Crippen LogP contribution in [0.1, 0.15) is 47.5 Å². The number of carbonyl (C=O) groups is 2. The summed E-state index contributed by atoms with van der Waals surface area (Å²) >= 11 is 0. The number of furan rings is 1. The molecule has 178 valence electrons. The number of nitrogens with zero attached hydrogens (tertiary/aromatic N) is 1. The summed E-state index contributed by atoms with van der Waals surface area (Å²) in [5, 5.41) is 2.71. The first-order chi connectivity index (χ1) is 16.1. The maximum Gasteiger partial charge on any atom is 0.416 e. The molecule has 2 aromatic carbocycles. The van der Waals surface area contributed by atoms with Crippen molar-refractivity contribution in [3.63, 3.8) is 0 Å². The smallest absolute Gasteiger partial charge is 0.416 e. The number of nitrogens with one attached hydrogen (secondary N) is 1. The molecule has 0 fully saturated rings. The van der Waals surface area contributed by atoms with Gasteiger partial charge in [0.15, 0.2) is 0 Å². The van der Waals surface area contributed by atoms with Crippen LogP contribution in [0, 0.1) is 5.92 Å². The lowest BCUT2D eigenvalue weighted by molar-refractivity contribution is -0.137. The molecule has 0 unspecified atom stereocenters. The largest absolute Gasteiger partial charge is 0.461 e. The summed E-state index contributed by atoms with van der Waals surface area (Å²) in [6.45, 7) is 5.17. The van der Waals surface area contributed by atoms with Crippen molar-refractivity contribution >= 4 is 17.5 Å². The Bertz CT molecular complexity index is 1200. The molecule has 5 nitrogen and oxygen atoms in total. The molecule has 4 rings (SSSR count). The van der Waals surface area contributed by atoms with Crippen molar-refractivity contribution < 1.29 is 27.2 Å². The summed E-state index contributed by atoms with van der Waals surface area (Å²) in [6, 6.07) is 13.0. The number of benzene rings is 2. The highest BCUT2D eigenvalue weighted by molar-refractivity contribution is 6.04.